The van der Waals surface area contributed by atoms with E-state index in [0.29, 0.717) is 36.9 Å². The van der Waals surface area contributed by atoms with E-state index in [1.165, 1.54) is 0 Å². The SMILES string of the molecule is CCOc1ccccc1OCC(=O)NC(CCOC)c1ccc(C)o1. The average Bonchev–Trinajstić information content (AvgIpc) is 3.04. The Hall–Kier alpha value is -2.47. The number of rotatable bonds is 10. The fourth-order valence-corrected chi connectivity index (χ4v) is 2.39. The number of para-hydroxylation sites is 2. The molecule has 136 valence electrons. The molecule has 1 aromatic heterocycles. The normalized spacial score (nSPS) is 11.8. The highest BCUT2D eigenvalue weighted by molar-refractivity contribution is 5.78. The Morgan fingerprint density at radius 2 is 1.88 bits per heavy atom. The minimum absolute atomic E-state index is 0.104. The lowest BCUT2D eigenvalue weighted by molar-refractivity contribution is -0.124. The van der Waals surface area contributed by atoms with Crippen molar-refractivity contribution in [3.8, 4) is 11.5 Å². The smallest absolute Gasteiger partial charge is 0.258 e. The molecule has 0 radical (unpaired) electrons. The molecule has 0 aliphatic rings. The summed E-state index contributed by atoms with van der Waals surface area (Å²) in [5.74, 6) is 2.44. The van der Waals surface area contributed by atoms with E-state index in [2.05, 4.69) is 5.32 Å². The van der Waals surface area contributed by atoms with Crippen molar-refractivity contribution in [2.75, 3.05) is 26.9 Å². The van der Waals surface area contributed by atoms with Crippen LogP contribution in [0.1, 0.15) is 30.9 Å². The van der Waals surface area contributed by atoms with Gasteiger partial charge in [-0.2, -0.15) is 0 Å². The Kier molecular flexibility index (Phi) is 7.35. The predicted octanol–water partition coefficient (Wildman–Crippen LogP) is 3.26. The fourth-order valence-electron chi connectivity index (χ4n) is 2.39. The molecule has 1 atom stereocenters. The van der Waals surface area contributed by atoms with Crippen molar-refractivity contribution in [3.63, 3.8) is 0 Å². The second kappa shape index (κ2) is 9.74. The number of hydrogen-bond acceptors (Lipinski definition) is 5. The highest BCUT2D eigenvalue weighted by Crippen LogP contribution is 2.26. The molecular formula is C19H25NO5. The summed E-state index contributed by atoms with van der Waals surface area (Å²) in [7, 11) is 1.63. The van der Waals surface area contributed by atoms with Gasteiger partial charge in [0.05, 0.1) is 12.6 Å². The first kappa shape index (κ1) is 18.9. The summed E-state index contributed by atoms with van der Waals surface area (Å²) in [6, 6.07) is 10.8. The van der Waals surface area contributed by atoms with Crippen LogP contribution in [-0.2, 0) is 9.53 Å². The van der Waals surface area contributed by atoms with Crippen molar-refractivity contribution in [2.24, 2.45) is 0 Å². The summed E-state index contributed by atoms with van der Waals surface area (Å²) in [4.78, 5) is 12.3. The van der Waals surface area contributed by atoms with Crippen LogP contribution in [0, 0.1) is 6.92 Å². The van der Waals surface area contributed by atoms with Gasteiger partial charge in [-0.3, -0.25) is 4.79 Å². The Bertz CT molecular complexity index is 667. The van der Waals surface area contributed by atoms with Gasteiger partial charge < -0.3 is 23.9 Å². The molecule has 1 amide bonds. The number of methoxy groups -OCH3 is 1. The number of amides is 1. The molecule has 2 rings (SSSR count). The molecule has 0 saturated carbocycles. The lowest BCUT2D eigenvalue weighted by Crippen LogP contribution is -2.33. The van der Waals surface area contributed by atoms with Gasteiger partial charge in [0.25, 0.3) is 5.91 Å². The van der Waals surface area contributed by atoms with Crippen LogP contribution in [0.4, 0.5) is 0 Å². The molecule has 1 N–H and O–H groups in total. The summed E-state index contributed by atoms with van der Waals surface area (Å²) in [6.07, 6.45) is 0.616. The minimum atomic E-state index is -0.258. The predicted molar refractivity (Wildman–Crippen MR) is 93.9 cm³/mol. The zero-order valence-electron chi connectivity index (χ0n) is 14.9. The van der Waals surface area contributed by atoms with Crippen LogP contribution < -0.4 is 14.8 Å². The third-order valence-corrected chi connectivity index (χ3v) is 3.56. The van der Waals surface area contributed by atoms with E-state index < -0.39 is 0 Å². The number of hydrogen-bond donors (Lipinski definition) is 1. The topological polar surface area (TPSA) is 69.9 Å². The molecule has 0 aliphatic carbocycles. The number of nitrogens with one attached hydrogen (secondary N) is 1. The first-order valence-corrected chi connectivity index (χ1v) is 8.33. The minimum Gasteiger partial charge on any atom is -0.490 e. The number of aryl methyl sites for hydroxylation is 1. The van der Waals surface area contributed by atoms with Gasteiger partial charge in [0.15, 0.2) is 18.1 Å². The van der Waals surface area contributed by atoms with Crippen molar-refractivity contribution in [2.45, 2.75) is 26.3 Å². The van der Waals surface area contributed by atoms with Gasteiger partial charge in [0.1, 0.15) is 11.5 Å². The van der Waals surface area contributed by atoms with Crippen LogP contribution in [0.15, 0.2) is 40.8 Å². The molecule has 0 saturated heterocycles. The maximum atomic E-state index is 12.3. The standard InChI is InChI=1S/C19H25NO5/c1-4-23-17-7-5-6-8-18(17)24-13-19(21)20-15(11-12-22-3)16-10-9-14(2)25-16/h5-10,15H,4,11-13H2,1-3H3,(H,20,21). The molecule has 6 heteroatoms. The van der Waals surface area contributed by atoms with Crippen LogP contribution in [0.3, 0.4) is 0 Å². The van der Waals surface area contributed by atoms with Crippen molar-refractivity contribution in [1.82, 2.24) is 5.32 Å². The van der Waals surface area contributed by atoms with Crippen LogP contribution in [-0.4, -0.2) is 32.8 Å². The second-order valence-corrected chi connectivity index (χ2v) is 5.52. The molecule has 2 aromatic rings. The molecule has 1 heterocycles. The highest BCUT2D eigenvalue weighted by Gasteiger charge is 2.18. The molecule has 1 aromatic carbocycles. The van der Waals surface area contributed by atoms with Crippen LogP contribution in [0.25, 0.3) is 0 Å². The zero-order valence-corrected chi connectivity index (χ0v) is 14.9. The molecule has 25 heavy (non-hydrogen) atoms. The number of benzene rings is 1. The van der Waals surface area contributed by atoms with Gasteiger partial charge in [-0.1, -0.05) is 12.1 Å². The largest absolute Gasteiger partial charge is 0.490 e. The third-order valence-electron chi connectivity index (χ3n) is 3.56. The van der Waals surface area contributed by atoms with E-state index in [1.807, 2.05) is 44.2 Å². The van der Waals surface area contributed by atoms with Crippen molar-refractivity contribution in [3.05, 3.63) is 47.9 Å². The van der Waals surface area contributed by atoms with Crippen molar-refractivity contribution in [1.29, 1.82) is 0 Å². The summed E-state index contributed by atoms with van der Waals surface area (Å²) < 4.78 is 21.8. The fraction of sp³-hybridized carbons (Fsp3) is 0.421. The summed E-state index contributed by atoms with van der Waals surface area (Å²) in [5.41, 5.74) is 0. The Morgan fingerprint density at radius 3 is 2.48 bits per heavy atom. The lowest BCUT2D eigenvalue weighted by Gasteiger charge is -2.17. The van der Waals surface area contributed by atoms with Gasteiger partial charge >= 0.3 is 0 Å². The molecule has 1 unspecified atom stereocenters. The Labute approximate surface area is 148 Å². The number of carbonyl (C=O) groups excluding carboxylic acids is 1. The lowest BCUT2D eigenvalue weighted by atomic mass is 10.1. The average molecular weight is 347 g/mol. The third kappa shape index (κ3) is 5.83. The molecule has 0 spiro atoms. The molecule has 0 aliphatic heterocycles. The van der Waals surface area contributed by atoms with E-state index in [1.54, 1.807) is 13.2 Å². The molecular weight excluding hydrogens is 322 g/mol. The number of furan rings is 1. The van der Waals surface area contributed by atoms with E-state index in [0.717, 1.165) is 5.76 Å². The quantitative estimate of drug-likeness (QED) is 0.714. The van der Waals surface area contributed by atoms with Gasteiger partial charge in [-0.05, 0) is 44.5 Å². The van der Waals surface area contributed by atoms with E-state index in [-0.39, 0.29) is 18.6 Å². The van der Waals surface area contributed by atoms with Gasteiger partial charge in [-0.15, -0.1) is 0 Å². The molecule has 0 bridgehead atoms. The van der Waals surface area contributed by atoms with Crippen molar-refractivity contribution >= 4 is 5.91 Å². The van der Waals surface area contributed by atoms with E-state index in [9.17, 15) is 4.79 Å². The number of carbonyl (C=O) groups is 1. The van der Waals surface area contributed by atoms with Gasteiger partial charge in [0, 0.05) is 13.7 Å². The monoisotopic (exact) mass is 347 g/mol. The molecule has 0 fully saturated rings. The molecule has 6 nitrogen and oxygen atoms in total. The summed E-state index contributed by atoms with van der Waals surface area (Å²) in [5, 5.41) is 2.92. The zero-order chi connectivity index (χ0) is 18.1. The number of ether oxygens (including phenoxy) is 3. The first-order valence-electron chi connectivity index (χ1n) is 8.33. The van der Waals surface area contributed by atoms with Gasteiger partial charge in [0.2, 0.25) is 0 Å². The van der Waals surface area contributed by atoms with Gasteiger partial charge in [-0.25, -0.2) is 0 Å². The summed E-state index contributed by atoms with van der Waals surface area (Å²) in [6.45, 7) is 4.71. The van der Waals surface area contributed by atoms with Crippen LogP contribution in [0.2, 0.25) is 0 Å². The maximum absolute atomic E-state index is 12.3. The maximum Gasteiger partial charge on any atom is 0.258 e. The second-order valence-electron chi connectivity index (χ2n) is 5.52. The van der Waals surface area contributed by atoms with Crippen LogP contribution >= 0.6 is 0 Å². The Morgan fingerprint density at radius 1 is 1.16 bits per heavy atom. The van der Waals surface area contributed by atoms with Crippen LogP contribution in [0.5, 0.6) is 11.5 Å². The Balaban J connectivity index is 1.94. The summed E-state index contributed by atoms with van der Waals surface area (Å²) >= 11 is 0. The van der Waals surface area contributed by atoms with E-state index >= 15 is 0 Å². The van der Waals surface area contributed by atoms with Crippen molar-refractivity contribution < 1.29 is 23.4 Å². The first-order chi connectivity index (χ1) is 12.1. The highest BCUT2D eigenvalue weighted by atomic mass is 16.5. The van der Waals surface area contributed by atoms with E-state index in [4.69, 9.17) is 18.6 Å².